The van der Waals surface area contributed by atoms with Gasteiger partial charge in [-0.2, -0.15) is 0 Å². The molecule has 0 bridgehead atoms. The largest absolute Gasteiger partial charge is 0.0654 e. The molecular weight excluding hydrogens is 204 g/mol. The third-order valence-electron chi connectivity index (χ3n) is 4.42. The maximum absolute atomic E-state index is 2.51. The van der Waals surface area contributed by atoms with Gasteiger partial charge in [0.05, 0.1) is 0 Å². The van der Waals surface area contributed by atoms with Crippen LogP contribution in [0.4, 0.5) is 0 Å². The van der Waals surface area contributed by atoms with Crippen molar-refractivity contribution in [1.29, 1.82) is 0 Å². The fraction of sp³-hybridized carbons (Fsp3) is 1.00. The van der Waals surface area contributed by atoms with Crippen LogP contribution in [-0.4, -0.2) is 0 Å². The number of hydrogen-bond donors (Lipinski definition) is 0. The molecule has 0 aromatic rings. The molecular formula is C17H36. The molecule has 0 heterocycles. The van der Waals surface area contributed by atoms with Gasteiger partial charge in [0.1, 0.15) is 0 Å². The minimum atomic E-state index is 0.514. The molecule has 0 saturated carbocycles. The predicted molar refractivity (Wildman–Crippen MR) is 80.3 cm³/mol. The molecule has 0 rings (SSSR count). The van der Waals surface area contributed by atoms with Gasteiger partial charge in [0, 0.05) is 0 Å². The highest BCUT2D eigenvalue weighted by Crippen LogP contribution is 2.43. The van der Waals surface area contributed by atoms with Crippen molar-refractivity contribution >= 4 is 0 Å². The molecule has 0 radical (unpaired) electrons. The predicted octanol–water partition coefficient (Wildman–Crippen LogP) is 6.30. The second kappa shape index (κ2) is 8.16. The van der Waals surface area contributed by atoms with E-state index in [9.17, 15) is 0 Å². The van der Waals surface area contributed by atoms with Gasteiger partial charge in [-0.05, 0) is 36.0 Å². The van der Waals surface area contributed by atoms with Crippen LogP contribution in [0.25, 0.3) is 0 Å². The molecule has 0 N–H and O–H groups in total. The average molecular weight is 240 g/mol. The van der Waals surface area contributed by atoms with Crippen LogP contribution in [0.2, 0.25) is 0 Å². The normalized spacial score (nSPS) is 14.6. The molecule has 104 valence electrons. The van der Waals surface area contributed by atoms with Crippen molar-refractivity contribution < 1.29 is 0 Å². The monoisotopic (exact) mass is 240 g/mol. The molecule has 1 atom stereocenters. The van der Waals surface area contributed by atoms with Crippen molar-refractivity contribution in [1.82, 2.24) is 0 Å². The fourth-order valence-electron chi connectivity index (χ4n) is 3.75. The third kappa shape index (κ3) is 5.93. The lowest BCUT2D eigenvalue weighted by Crippen LogP contribution is -2.31. The highest BCUT2D eigenvalue weighted by atomic mass is 14.4. The first-order valence-corrected chi connectivity index (χ1v) is 7.88. The summed E-state index contributed by atoms with van der Waals surface area (Å²) >= 11 is 0. The Kier molecular flexibility index (Phi) is 8.16. The van der Waals surface area contributed by atoms with Gasteiger partial charge in [-0.1, -0.05) is 74.1 Å². The van der Waals surface area contributed by atoms with Crippen LogP contribution in [0.15, 0.2) is 0 Å². The van der Waals surface area contributed by atoms with Crippen LogP contribution in [0.3, 0.4) is 0 Å². The Balaban J connectivity index is 4.74. The van der Waals surface area contributed by atoms with Gasteiger partial charge in [-0.25, -0.2) is 0 Å². The van der Waals surface area contributed by atoms with Crippen LogP contribution < -0.4 is 0 Å². The highest BCUT2D eigenvalue weighted by molar-refractivity contribution is 4.83. The van der Waals surface area contributed by atoms with E-state index >= 15 is 0 Å². The Hall–Kier alpha value is 0. The minimum absolute atomic E-state index is 0.514. The molecule has 0 spiro atoms. The maximum atomic E-state index is 2.51. The standard InChI is InChI=1S/C17H36/c1-8-11-12-16(15(9-2)10-3)17(6,7)13-14(4)5/h14-16H,8-13H2,1-7H3. The number of rotatable bonds is 9. The van der Waals surface area contributed by atoms with E-state index in [4.69, 9.17) is 0 Å². The van der Waals surface area contributed by atoms with E-state index in [0.717, 1.165) is 17.8 Å². The van der Waals surface area contributed by atoms with E-state index in [1.54, 1.807) is 0 Å². The molecule has 0 nitrogen and oxygen atoms in total. The van der Waals surface area contributed by atoms with Gasteiger partial charge in [0.25, 0.3) is 0 Å². The van der Waals surface area contributed by atoms with Gasteiger partial charge in [0.15, 0.2) is 0 Å². The first-order valence-electron chi connectivity index (χ1n) is 7.88. The summed E-state index contributed by atoms with van der Waals surface area (Å²) < 4.78 is 0. The van der Waals surface area contributed by atoms with Crippen molar-refractivity contribution in [3.8, 4) is 0 Å². The fourth-order valence-corrected chi connectivity index (χ4v) is 3.75. The van der Waals surface area contributed by atoms with Gasteiger partial charge in [-0.3, -0.25) is 0 Å². The van der Waals surface area contributed by atoms with Crippen molar-refractivity contribution in [3.05, 3.63) is 0 Å². The van der Waals surface area contributed by atoms with Gasteiger partial charge in [-0.15, -0.1) is 0 Å². The molecule has 17 heavy (non-hydrogen) atoms. The van der Waals surface area contributed by atoms with Gasteiger partial charge >= 0.3 is 0 Å². The Labute approximate surface area is 111 Å². The van der Waals surface area contributed by atoms with Crippen LogP contribution in [0.1, 0.15) is 87.0 Å². The van der Waals surface area contributed by atoms with E-state index in [0.29, 0.717) is 5.41 Å². The summed E-state index contributed by atoms with van der Waals surface area (Å²) in [5.41, 5.74) is 0.514. The summed E-state index contributed by atoms with van der Waals surface area (Å²) in [5, 5.41) is 0. The van der Waals surface area contributed by atoms with E-state index in [2.05, 4.69) is 48.5 Å². The number of hydrogen-bond acceptors (Lipinski definition) is 0. The quantitative estimate of drug-likeness (QED) is 0.443. The van der Waals surface area contributed by atoms with Gasteiger partial charge < -0.3 is 0 Å². The van der Waals surface area contributed by atoms with Crippen LogP contribution in [0, 0.1) is 23.2 Å². The molecule has 0 amide bonds. The zero-order chi connectivity index (χ0) is 13.5. The molecule has 0 fully saturated rings. The first kappa shape index (κ1) is 17.0. The SMILES string of the molecule is CCCCC(C(CC)CC)C(C)(C)CC(C)C. The summed E-state index contributed by atoms with van der Waals surface area (Å²) in [5.74, 6) is 2.67. The second-order valence-electron chi connectivity index (χ2n) is 6.91. The van der Waals surface area contributed by atoms with E-state index in [1.807, 2.05) is 0 Å². The summed E-state index contributed by atoms with van der Waals surface area (Å²) in [6, 6.07) is 0. The van der Waals surface area contributed by atoms with E-state index in [1.165, 1.54) is 38.5 Å². The van der Waals surface area contributed by atoms with Crippen LogP contribution in [0.5, 0.6) is 0 Å². The van der Waals surface area contributed by atoms with Crippen molar-refractivity contribution in [3.63, 3.8) is 0 Å². The Morgan fingerprint density at radius 3 is 1.82 bits per heavy atom. The Bertz CT molecular complexity index is 174. The molecule has 0 aliphatic carbocycles. The minimum Gasteiger partial charge on any atom is -0.0654 e. The molecule has 0 saturated heterocycles. The molecule has 0 aromatic carbocycles. The lowest BCUT2D eigenvalue weighted by atomic mass is 9.65. The smallest absolute Gasteiger partial charge is 0.0321 e. The molecule has 0 aliphatic rings. The van der Waals surface area contributed by atoms with Crippen molar-refractivity contribution in [2.75, 3.05) is 0 Å². The Morgan fingerprint density at radius 1 is 0.941 bits per heavy atom. The average Bonchev–Trinajstić information content (AvgIpc) is 2.22. The lowest BCUT2D eigenvalue weighted by Gasteiger charge is -2.41. The first-order chi connectivity index (χ1) is 7.88. The zero-order valence-corrected chi connectivity index (χ0v) is 13.5. The molecule has 0 aliphatic heterocycles. The topological polar surface area (TPSA) is 0 Å². The van der Waals surface area contributed by atoms with Crippen LogP contribution >= 0.6 is 0 Å². The highest BCUT2D eigenvalue weighted by Gasteiger charge is 2.33. The summed E-state index contributed by atoms with van der Waals surface area (Å²) in [4.78, 5) is 0. The number of unbranched alkanes of at least 4 members (excludes halogenated alkanes) is 1. The third-order valence-corrected chi connectivity index (χ3v) is 4.42. The summed E-state index contributed by atoms with van der Waals surface area (Å²) in [7, 11) is 0. The maximum Gasteiger partial charge on any atom is -0.0321 e. The van der Waals surface area contributed by atoms with Crippen LogP contribution in [-0.2, 0) is 0 Å². The lowest BCUT2D eigenvalue weighted by molar-refractivity contribution is 0.0936. The van der Waals surface area contributed by atoms with Crippen molar-refractivity contribution in [2.45, 2.75) is 87.0 Å². The van der Waals surface area contributed by atoms with Crippen molar-refractivity contribution in [2.24, 2.45) is 23.2 Å². The molecule has 1 unspecified atom stereocenters. The summed E-state index contributed by atoms with van der Waals surface area (Å²) in [6.45, 7) is 16.8. The molecule has 0 heteroatoms. The van der Waals surface area contributed by atoms with E-state index in [-0.39, 0.29) is 0 Å². The van der Waals surface area contributed by atoms with Gasteiger partial charge in [0.2, 0.25) is 0 Å². The van der Waals surface area contributed by atoms with E-state index < -0.39 is 0 Å². The Morgan fingerprint density at radius 2 is 1.47 bits per heavy atom. The second-order valence-corrected chi connectivity index (χ2v) is 6.91. The zero-order valence-electron chi connectivity index (χ0n) is 13.5. The molecule has 0 aromatic heterocycles. The summed E-state index contributed by atoms with van der Waals surface area (Å²) in [6.07, 6.45) is 8.26.